The molecule has 0 N–H and O–H groups in total. The van der Waals surface area contributed by atoms with E-state index in [1.54, 1.807) is 17.0 Å². The van der Waals surface area contributed by atoms with Crippen LogP contribution in [0, 0.1) is 5.92 Å². The molecule has 86 valence electrons. The zero-order valence-corrected chi connectivity index (χ0v) is 11.5. The standard InChI is InChI=1S/C11H10BrCl2NO/c12-9-2-1-8(14)4-10(9)15-6-7(5-13)3-11(15)16/h1-2,4,7H,3,5-6H2. The normalized spacial score (nSPS) is 20.6. The summed E-state index contributed by atoms with van der Waals surface area (Å²) in [6.45, 7) is 0.668. The van der Waals surface area contributed by atoms with Crippen LogP contribution < -0.4 is 4.90 Å². The van der Waals surface area contributed by atoms with Crippen LogP contribution in [0.2, 0.25) is 5.02 Å². The molecule has 2 nitrogen and oxygen atoms in total. The molecule has 1 aliphatic rings. The lowest BCUT2D eigenvalue weighted by Crippen LogP contribution is -2.25. The summed E-state index contributed by atoms with van der Waals surface area (Å²) >= 11 is 15.1. The lowest BCUT2D eigenvalue weighted by molar-refractivity contribution is -0.117. The van der Waals surface area contributed by atoms with Gasteiger partial charge < -0.3 is 4.90 Å². The van der Waals surface area contributed by atoms with E-state index in [9.17, 15) is 4.79 Å². The fourth-order valence-corrected chi connectivity index (χ4v) is 2.64. The van der Waals surface area contributed by atoms with Crippen molar-refractivity contribution in [1.82, 2.24) is 0 Å². The van der Waals surface area contributed by atoms with Gasteiger partial charge in [0.2, 0.25) is 5.91 Å². The van der Waals surface area contributed by atoms with Gasteiger partial charge in [-0.05, 0) is 40.0 Å². The first-order valence-corrected chi connectivity index (χ1v) is 6.63. The van der Waals surface area contributed by atoms with Gasteiger partial charge in [-0.3, -0.25) is 4.79 Å². The number of nitrogens with zero attached hydrogens (tertiary/aromatic N) is 1. The van der Waals surface area contributed by atoms with Crippen LogP contribution in [-0.4, -0.2) is 18.3 Å². The van der Waals surface area contributed by atoms with Crippen molar-refractivity contribution in [3.05, 3.63) is 27.7 Å². The molecule has 1 amide bonds. The summed E-state index contributed by atoms with van der Waals surface area (Å²) in [5.74, 6) is 0.856. The number of rotatable bonds is 2. The van der Waals surface area contributed by atoms with E-state index in [-0.39, 0.29) is 11.8 Å². The molecular weight excluding hydrogens is 313 g/mol. The molecule has 0 radical (unpaired) electrons. The molecule has 0 aliphatic carbocycles. The Labute approximate surface area is 113 Å². The maximum absolute atomic E-state index is 11.8. The van der Waals surface area contributed by atoms with Gasteiger partial charge in [0.15, 0.2) is 0 Å². The Morgan fingerprint density at radius 1 is 1.50 bits per heavy atom. The van der Waals surface area contributed by atoms with E-state index in [0.29, 0.717) is 23.9 Å². The molecule has 0 aromatic heterocycles. The van der Waals surface area contributed by atoms with E-state index in [1.807, 2.05) is 6.07 Å². The number of alkyl halides is 1. The van der Waals surface area contributed by atoms with Crippen molar-refractivity contribution in [2.24, 2.45) is 5.92 Å². The summed E-state index contributed by atoms with van der Waals surface area (Å²) in [5, 5.41) is 0.625. The lowest BCUT2D eigenvalue weighted by atomic mass is 10.1. The topological polar surface area (TPSA) is 20.3 Å². The zero-order chi connectivity index (χ0) is 11.7. The average Bonchev–Trinajstić information content (AvgIpc) is 2.63. The third kappa shape index (κ3) is 2.36. The SMILES string of the molecule is O=C1CC(CCl)CN1c1cc(Cl)ccc1Br. The Balaban J connectivity index is 2.30. The van der Waals surface area contributed by atoms with E-state index in [4.69, 9.17) is 23.2 Å². The summed E-state index contributed by atoms with van der Waals surface area (Å²) in [7, 11) is 0. The molecule has 16 heavy (non-hydrogen) atoms. The number of benzene rings is 1. The predicted octanol–water partition coefficient (Wildman–Crippen LogP) is 3.69. The van der Waals surface area contributed by atoms with Crippen LogP contribution in [0.25, 0.3) is 0 Å². The van der Waals surface area contributed by atoms with Crippen LogP contribution >= 0.6 is 39.1 Å². The lowest BCUT2D eigenvalue weighted by Gasteiger charge is -2.18. The molecule has 1 atom stereocenters. The number of carbonyl (C=O) groups is 1. The molecule has 1 aromatic carbocycles. The predicted molar refractivity (Wildman–Crippen MR) is 70.3 cm³/mol. The van der Waals surface area contributed by atoms with Gasteiger partial charge in [-0.1, -0.05) is 11.6 Å². The zero-order valence-electron chi connectivity index (χ0n) is 8.42. The van der Waals surface area contributed by atoms with Crippen LogP contribution in [0.5, 0.6) is 0 Å². The Bertz CT molecular complexity index is 424. The van der Waals surface area contributed by atoms with E-state index in [1.165, 1.54) is 0 Å². The third-order valence-corrected chi connectivity index (χ3v) is 3.96. The number of amides is 1. The van der Waals surface area contributed by atoms with Crippen LogP contribution in [0.3, 0.4) is 0 Å². The molecule has 0 saturated carbocycles. The highest BCUT2D eigenvalue weighted by atomic mass is 79.9. The highest BCUT2D eigenvalue weighted by molar-refractivity contribution is 9.10. The Kier molecular flexibility index (Phi) is 3.77. The molecule has 0 spiro atoms. The van der Waals surface area contributed by atoms with Gasteiger partial charge in [-0.25, -0.2) is 0 Å². The Morgan fingerprint density at radius 3 is 2.88 bits per heavy atom. The smallest absolute Gasteiger partial charge is 0.227 e. The molecule has 5 heteroatoms. The maximum atomic E-state index is 11.8. The van der Waals surface area contributed by atoms with Gasteiger partial charge >= 0.3 is 0 Å². The van der Waals surface area contributed by atoms with Crippen LogP contribution in [0.1, 0.15) is 6.42 Å². The molecule has 2 rings (SSSR count). The van der Waals surface area contributed by atoms with E-state index in [0.717, 1.165) is 10.2 Å². The minimum Gasteiger partial charge on any atom is -0.311 e. The van der Waals surface area contributed by atoms with Gasteiger partial charge in [0, 0.05) is 28.3 Å². The Hall–Kier alpha value is -0.250. The van der Waals surface area contributed by atoms with Gasteiger partial charge in [0.1, 0.15) is 0 Å². The highest BCUT2D eigenvalue weighted by Gasteiger charge is 2.30. The molecule has 0 bridgehead atoms. The van der Waals surface area contributed by atoms with E-state index < -0.39 is 0 Å². The van der Waals surface area contributed by atoms with E-state index >= 15 is 0 Å². The number of carbonyl (C=O) groups excluding carboxylic acids is 1. The quantitative estimate of drug-likeness (QED) is 0.760. The van der Waals surface area contributed by atoms with E-state index in [2.05, 4.69) is 15.9 Å². The van der Waals surface area contributed by atoms with Crippen molar-refractivity contribution < 1.29 is 4.79 Å². The number of hydrogen-bond acceptors (Lipinski definition) is 1. The molecule has 1 heterocycles. The van der Waals surface area contributed by atoms with Gasteiger partial charge in [0.05, 0.1) is 5.69 Å². The first-order chi connectivity index (χ1) is 7.61. The molecular formula is C11H10BrCl2NO. The summed E-state index contributed by atoms with van der Waals surface area (Å²) in [6.07, 6.45) is 0.516. The van der Waals surface area contributed by atoms with Crippen molar-refractivity contribution in [2.45, 2.75) is 6.42 Å². The first-order valence-electron chi connectivity index (χ1n) is 4.93. The van der Waals surface area contributed by atoms with Crippen molar-refractivity contribution in [2.75, 3.05) is 17.3 Å². The summed E-state index contributed by atoms with van der Waals surface area (Å²) < 4.78 is 0.875. The van der Waals surface area contributed by atoms with Crippen molar-refractivity contribution in [3.63, 3.8) is 0 Å². The summed E-state index contributed by atoms with van der Waals surface area (Å²) in [4.78, 5) is 13.6. The average molecular weight is 323 g/mol. The summed E-state index contributed by atoms with van der Waals surface area (Å²) in [5.41, 5.74) is 0.824. The second-order valence-electron chi connectivity index (χ2n) is 3.82. The van der Waals surface area contributed by atoms with Crippen molar-refractivity contribution in [1.29, 1.82) is 0 Å². The highest BCUT2D eigenvalue weighted by Crippen LogP contribution is 2.33. The number of hydrogen-bond donors (Lipinski definition) is 0. The molecule has 1 unspecified atom stereocenters. The third-order valence-electron chi connectivity index (χ3n) is 2.62. The van der Waals surface area contributed by atoms with Gasteiger partial charge in [0.25, 0.3) is 0 Å². The van der Waals surface area contributed by atoms with Crippen LogP contribution in [0.4, 0.5) is 5.69 Å². The molecule has 1 fully saturated rings. The van der Waals surface area contributed by atoms with Crippen molar-refractivity contribution >= 4 is 50.7 Å². The number of halogens is 3. The second kappa shape index (κ2) is 4.94. The van der Waals surface area contributed by atoms with Crippen LogP contribution in [0.15, 0.2) is 22.7 Å². The molecule has 1 aromatic rings. The minimum absolute atomic E-state index is 0.105. The molecule has 1 saturated heterocycles. The van der Waals surface area contributed by atoms with Gasteiger partial charge in [-0.2, -0.15) is 0 Å². The molecule has 1 aliphatic heterocycles. The minimum atomic E-state index is 0.105. The maximum Gasteiger partial charge on any atom is 0.227 e. The fourth-order valence-electron chi connectivity index (χ4n) is 1.81. The Morgan fingerprint density at radius 2 is 2.25 bits per heavy atom. The summed E-state index contributed by atoms with van der Waals surface area (Å²) in [6, 6.07) is 5.42. The van der Waals surface area contributed by atoms with Gasteiger partial charge in [-0.15, -0.1) is 11.6 Å². The fraction of sp³-hybridized carbons (Fsp3) is 0.364. The monoisotopic (exact) mass is 321 g/mol. The largest absolute Gasteiger partial charge is 0.311 e. The van der Waals surface area contributed by atoms with Crippen LogP contribution in [-0.2, 0) is 4.79 Å². The van der Waals surface area contributed by atoms with Crippen molar-refractivity contribution in [3.8, 4) is 0 Å². The first kappa shape index (κ1) is 12.2. The second-order valence-corrected chi connectivity index (χ2v) is 5.42. The number of anilines is 1.